The number of H-pyrrole nitrogens is 1. The highest BCUT2D eigenvalue weighted by atomic mass is 16.2. The zero-order valence-corrected chi connectivity index (χ0v) is 16.8. The number of hydrogen-bond donors (Lipinski definition) is 1. The molecule has 4 rings (SSSR count). The van der Waals surface area contributed by atoms with E-state index in [0.29, 0.717) is 38.3 Å². The van der Waals surface area contributed by atoms with Crippen molar-refractivity contribution in [2.24, 2.45) is 0 Å². The lowest BCUT2D eigenvalue weighted by Gasteiger charge is -2.39. The average Bonchev–Trinajstić information content (AvgIpc) is 2.88. The van der Waals surface area contributed by atoms with Crippen LogP contribution >= 0.6 is 0 Å². The minimum atomic E-state index is -0.0497. The second kappa shape index (κ2) is 7.68. The molecule has 0 radical (unpaired) electrons. The first kappa shape index (κ1) is 19.2. The Kier molecular flexibility index (Phi) is 5.25. The van der Waals surface area contributed by atoms with Crippen molar-refractivity contribution < 1.29 is 9.59 Å². The van der Waals surface area contributed by atoms with Crippen LogP contribution in [0, 0.1) is 6.92 Å². The number of carbonyl (C=O) groups is 2. The zero-order chi connectivity index (χ0) is 19.7. The number of nitrogens with one attached hydrogen (secondary N) is 1. The summed E-state index contributed by atoms with van der Waals surface area (Å²) in [5, 5.41) is 0. The summed E-state index contributed by atoms with van der Waals surface area (Å²) in [5.41, 5.74) is 1.76. The number of fused-ring (bicyclic) bond motifs is 2. The minimum Gasteiger partial charge on any atom is -0.343 e. The molecule has 1 aliphatic carbocycles. The maximum absolute atomic E-state index is 12.7. The quantitative estimate of drug-likeness (QED) is 0.856. The molecule has 1 spiro atoms. The molecule has 1 N–H and O–H groups in total. The number of carbonyl (C=O) groups excluding carboxylic acids is 2. The second-order valence-electron chi connectivity index (χ2n) is 8.58. The van der Waals surface area contributed by atoms with E-state index in [9.17, 15) is 14.4 Å². The molecule has 3 aliphatic rings. The number of likely N-dealkylation sites (tertiary alicyclic amines) is 2. The van der Waals surface area contributed by atoms with Crippen molar-refractivity contribution in [2.45, 2.75) is 70.1 Å². The molecule has 0 bridgehead atoms. The fraction of sp³-hybridized carbons (Fsp3) is 0.714. The number of nitrogens with zero attached hydrogens (tertiary/aromatic N) is 3. The maximum Gasteiger partial charge on any atom is 0.254 e. The molecule has 0 aromatic carbocycles. The molecule has 1 aromatic heterocycles. The Hall–Kier alpha value is -2.18. The Balaban J connectivity index is 1.35. The standard InChI is InChI=1S/C21H30N4O3/c1-15-22-19-16(20(28)23-15)6-8-21(19)9-13-25(14-10-21)18(27)7-12-24-11-4-2-3-5-17(24)26/h2-14H2,1H3,(H,22,23,28). The minimum absolute atomic E-state index is 0.00000182. The van der Waals surface area contributed by atoms with E-state index in [-0.39, 0.29) is 22.8 Å². The van der Waals surface area contributed by atoms with Crippen LogP contribution in [0.3, 0.4) is 0 Å². The molecule has 2 fully saturated rings. The van der Waals surface area contributed by atoms with E-state index in [4.69, 9.17) is 0 Å². The molecule has 152 valence electrons. The number of hydrogen-bond acceptors (Lipinski definition) is 4. The summed E-state index contributed by atoms with van der Waals surface area (Å²) in [6.07, 6.45) is 7.59. The molecule has 7 heteroatoms. The number of aromatic amines is 1. The van der Waals surface area contributed by atoms with Crippen LogP contribution in [0.1, 0.15) is 68.4 Å². The van der Waals surface area contributed by atoms with Gasteiger partial charge in [-0.25, -0.2) is 4.98 Å². The van der Waals surface area contributed by atoms with Gasteiger partial charge in [0, 0.05) is 50.0 Å². The molecule has 0 atom stereocenters. The van der Waals surface area contributed by atoms with Gasteiger partial charge >= 0.3 is 0 Å². The number of rotatable bonds is 3. The van der Waals surface area contributed by atoms with E-state index in [1.807, 2.05) is 16.7 Å². The van der Waals surface area contributed by atoms with Crippen LogP contribution in [0.25, 0.3) is 0 Å². The highest BCUT2D eigenvalue weighted by Gasteiger charge is 2.44. The van der Waals surface area contributed by atoms with Crippen LogP contribution in [-0.4, -0.2) is 57.8 Å². The summed E-state index contributed by atoms with van der Waals surface area (Å²) in [4.78, 5) is 48.3. The lowest BCUT2D eigenvalue weighted by Crippen LogP contribution is -2.45. The van der Waals surface area contributed by atoms with Crippen molar-refractivity contribution in [1.29, 1.82) is 0 Å². The molecule has 2 aliphatic heterocycles. The van der Waals surface area contributed by atoms with Gasteiger partial charge in [0.1, 0.15) is 5.82 Å². The van der Waals surface area contributed by atoms with Gasteiger partial charge < -0.3 is 14.8 Å². The monoisotopic (exact) mass is 386 g/mol. The van der Waals surface area contributed by atoms with E-state index < -0.39 is 0 Å². The first-order valence-corrected chi connectivity index (χ1v) is 10.6. The van der Waals surface area contributed by atoms with E-state index >= 15 is 0 Å². The van der Waals surface area contributed by atoms with E-state index in [1.54, 1.807) is 0 Å². The van der Waals surface area contributed by atoms with Gasteiger partial charge in [-0.3, -0.25) is 14.4 Å². The van der Waals surface area contributed by atoms with Gasteiger partial charge in [-0.2, -0.15) is 0 Å². The number of amides is 2. The van der Waals surface area contributed by atoms with Crippen molar-refractivity contribution >= 4 is 11.8 Å². The lowest BCUT2D eigenvalue weighted by atomic mass is 9.76. The van der Waals surface area contributed by atoms with E-state index in [0.717, 1.165) is 62.7 Å². The van der Waals surface area contributed by atoms with Crippen molar-refractivity contribution in [2.75, 3.05) is 26.2 Å². The van der Waals surface area contributed by atoms with Crippen molar-refractivity contribution in [1.82, 2.24) is 19.8 Å². The van der Waals surface area contributed by atoms with Gasteiger partial charge in [0.15, 0.2) is 0 Å². The van der Waals surface area contributed by atoms with E-state index in [1.165, 1.54) is 0 Å². The first-order valence-electron chi connectivity index (χ1n) is 10.6. The van der Waals surface area contributed by atoms with Gasteiger partial charge in [-0.1, -0.05) is 6.42 Å². The number of piperidine rings is 1. The van der Waals surface area contributed by atoms with Crippen molar-refractivity contribution in [3.63, 3.8) is 0 Å². The van der Waals surface area contributed by atoms with Crippen LogP contribution in [0.15, 0.2) is 4.79 Å². The predicted molar refractivity (Wildman–Crippen MR) is 105 cm³/mol. The van der Waals surface area contributed by atoms with Crippen molar-refractivity contribution in [3.8, 4) is 0 Å². The molecule has 28 heavy (non-hydrogen) atoms. The van der Waals surface area contributed by atoms with Crippen LogP contribution in [0.2, 0.25) is 0 Å². The summed E-state index contributed by atoms with van der Waals surface area (Å²) in [6, 6.07) is 0. The third-order valence-electron chi connectivity index (χ3n) is 6.83. The first-order chi connectivity index (χ1) is 13.5. The largest absolute Gasteiger partial charge is 0.343 e. The Bertz CT molecular complexity index is 823. The molecule has 1 aromatic rings. The lowest BCUT2D eigenvalue weighted by molar-refractivity contribution is -0.135. The summed E-state index contributed by atoms with van der Waals surface area (Å²) < 4.78 is 0. The summed E-state index contributed by atoms with van der Waals surface area (Å²) >= 11 is 0. The van der Waals surface area contributed by atoms with Gasteiger partial charge in [-0.05, 0) is 45.4 Å². The zero-order valence-electron chi connectivity index (χ0n) is 16.8. The topological polar surface area (TPSA) is 86.4 Å². The predicted octanol–water partition coefficient (Wildman–Crippen LogP) is 1.68. The number of aromatic nitrogens is 2. The highest BCUT2D eigenvalue weighted by Crippen LogP contribution is 2.44. The molecule has 2 amide bonds. The van der Waals surface area contributed by atoms with Crippen molar-refractivity contribution in [3.05, 3.63) is 27.4 Å². The third-order valence-corrected chi connectivity index (χ3v) is 6.83. The fourth-order valence-electron chi connectivity index (χ4n) is 5.10. The van der Waals surface area contributed by atoms with Crippen LogP contribution < -0.4 is 5.56 Å². The molecule has 7 nitrogen and oxygen atoms in total. The summed E-state index contributed by atoms with van der Waals surface area (Å²) in [6.45, 7) is 4.57. The molecule has 0 unspecified atom stereocenters. The molecule has 2 saturated heterocycles. The Morgan fingerprint density at radius 1 is 1.07 bits per heavy atom. The number of aryl methyl sites for hydroxylation is 1. The normalized spacial score (nSPS) is 21.7. The third kappa shape index (κ3) is 3.59. The second-order valence-corrected chi connectivity index (χ2v) is 8.58. The average molecular weight is 386 g/mol. The molecule has 3 heterocycles. The summed E-state index contributed by atoms with van der Waals surface area (Å²) in [7, 11) is 0. The highest BCUT2D eigenvalue weighted by molar-refractivity contribution is 5.79. The Labute approximate surface area is 165 Å². The van der Waals surface area contributed by atoms with Gasteiger partial charge in [0.25, 0.3) is 5.56 Å². The molecule has 0 saturated carbocycles. The van der Waals surface area contributed by atoms with Crippen LogP contribution in [-0.2, 0) is 21.4 Å². The van der Waals surface area contributed by atoms with E-state index in [2.05, 4.69) is 9.97 Å². The smallest absolute Gasteiger partial charge is 0.254 e. The Morgan fingerprint density at radius 2 is 1.86 bits per heavy atom. The Morgan fingerprint density at radius 3 is 2.64 bits per heavy atom. The maximum atomic E-state index is 12.7. The van der Waals surface area contributed by atoms with Gasteiger partial charge in [-0.15, -0.1) is 0 Å². The van der Waals surface area contributed by atoms with Gasteiger partial charge in [0.05, 0.1) is 5.69 Å². The van der Waals surface area contributed by atoms with Crippen LogP contribution in [0.5, 0.6) is 0 Å². The summed E-state index contributed by atoms with van der Waals surface area (Å²) in [5.74, 6) is 1.00. The van der Waals surface area contributed by atoms with Crippen LogP contribution in [0.4, 0.5) is 0 Å². The SMILES string of the molecule is Cc1nc2c(c(=O)[nH]1)CCC21CCN(C(=O)CCN2CCCCCC2=O)CC1. The fourth-order valence-corrected chi connectivity index (χ4v) is 5.10. The van der Waals surface area contributed by atoms with Gasteiger partial charge in [0.2, 0.25) is 11.8 Å². The molecular weight excluding hydrogens is 356 g/mol. The molecular formula is C21H30N4O3.